The van der Waals surface area contributed by atoms with Crippen molar-refractivity contribution in [2.24, 2.45) is 5.92 Å². The highest BCUT2D eigenvalue weighted by molar-refractivity contribution is 5.83. The fourth-order valence-electron chi connectivity index (χ4n) is 3.49. The Morgan fingerprint density at radius 1 is 1.39 bits per heavy atom. The van der Waals surface area contributed by atoms with E-state index in [0.717, 1.165) is 38.0 Å². The Labute approximate surface area is 136 Å². The predicted octanol–water partition coefficient (Wildman–Crippen LogP) is 3.45. The summed E-state index contributed by atoms with van der Waals surface area (Å²) in [6.07, 6.45) is 6.83. The van der Waals surface area contributed by atoms with E-state index >= 15 is 0 Å². The van der Waals surface area contributed by atoms with E-state index in [1.807, 2.05) is 13.0 Å². The SMILES string of the molecule is CCC(C(=O)O)C1=CCCN(CCc2c[nH]c3ccccc23)C1. The monoisotopic (exact) mass is 312 g/mol. The van der Waals surface area contributed by atoms with E-state index in [2.05, 4.69) is 40.4 Å². The zero-order valence-corrected chi connectivity index (χ0v) is 13.6. The Morgan fingerprint density at radius 2 is 2.22 bits per heavy atom. The van der Waals surface area contributed by atoms with Crippen LogP contribution in [0.2, 0.25) is 0 Å². The number of rotatable bonds is 6. The summed E-state index contributed by atoms with van der Waals surface area (Å²) in [4.78, 5) is 17.1. The molecule has 1 atom stereocenters. The van der Waals surface area contributed by atoms with Gasteiger partial charge in [0.1, 0.15) is 0 Å². The molecule has 2 heterocycles. The second kappa shape index (κ2) is 7.01. The van der Waals surface area contributed by atoms with Crippen LogP contribution in [0.5, 0.6) is 0 Å². The number of fused-ring (bicyclic) bond motifs is 1. The summed E-state index contributed by atoms with van der Waals surface area (Å²) in [5.41, 5.74) is 3.59. The molecule has 1 aromatic heterocycles. The van der Waals surface area contributed by atoms with Crippen molar-refractivity contribution in [2.45, 2.75) is 26.2 Å². The van der Waals surface area contributed by atoms with Gasteiger partial charge in [0.05, 0.1) is 5.92 Å². The zero-order valence-electron chi connectivity index (χ0n) is 13.6. The number of hydrogen-bond donors (Lipinski definition) is 2. The molecule has 4 nitrogen and oxygen atoms in total. The molecule has 1 unspecified atom stereocenters. The number of carboxylic acids is 1. The lowest BCUT2D eigenvalue weighted by atomic mass is 9.93. The number of para-hydroxylation sites is 1. The molecule has 0 bridgehead atoms. The predicted molar refractivity (Wildman–Crippen MR) is 92.6 cm³/mol. The Morgan fingerprint density at radius 3 is 3.00 bits per heavy atom. The van der Waals surface area contributed by atoms with Gasteiger partial charge in [-0.25, -0.2) is 0 Å². The van der Waals surface area contributed by atoms with Crippen LogP contribution in [0.3, 0.4) is 0 Å². The van der Waals surface area contributed by atoms with Crippen LogP contribution in [0.15, 0.2) is 42.1 Å². The molecule has 2 aromatic rings. The summed E-state index contributed by atoms with van der Waals surface area (Å²) in [6, 6.07) is 8.36. The molecule has 0 spiro atoms. The molecular formula is C19H24N2O2. The van der Waals surface area contributed by atoms with Crippen molar-refractivity contribution >= 4 is 16.9 Å². The minimum absolute atomic E-state index is 0.328. The van der Waals surface area contributed by atoms with Crippen molar-refractivity contribution < 1.29 is 9.90 Å². The van der Waals surface area contributed by atoms with Crippen LogP contribution < -0.4 is 0 Å². The minimum atomic E-state index is -0.697. The van der Waals surface area contributed by atoms with Crippen LogP contribution in [-0.2, 0) is 11.2 Å². The molecule has 3 rings (SSSR count). The third-order valence-corrected chi connectivity index (χ3v) is 4.78. The van der Waals surface area contributed by atoms with E-state index in [1.54, 1.807) is 0 Å². The number of aromatic amines is 1. The molecule has 1 aliphatic rings. The number of nitrogens with zero attached hydrogens (tertiary/aromatic N) is 1. The average molecular weight is 312 g/mol. The number of aliphatic carboxylic acids is 1. The summed E-state index contributed by atoms with van der Waals surface area (Å²) < 4.78 is 0. The van der Waals surface area contributed by atoms with Crippen molar-refractivity contribution in [3.8, 4) is 0 Å². The lowest BCUT2D eigenvalue weighted by molar-refractivity contribution is -0.140. The molecule has 122 valence electrons. The van der Waals surface area contributed by atoms with Gasteiger partial charge in [-0.2, -0.15) is 0 Å². The fourth-order valence-corrected chi connectivity index (χ4v) is 3.49. The van der Waals surface area contributed by atoms with Crippen LogP contribution in [0.4, 0.5) is 0 Å². The first-order valence-electron chi connectivity index (χ1n) is 8.38. The topological polar surface area (TPSA) is 56.3 Å². The van der Waals surface area contributed by atoms with E-state index in [4.69, 9.17) is 0 Å². The summed E-state index contributed by atoms with van der Waals surface area (Å²) in [7, 11) is 0. The average Bonchev–Trinajstić information content (AvgIpc) is 2.97. The van der Waals surface area contributed by atoms with E-state index < -0.39 is 5.97 Å². The molecule has 0 fully saturated rings. The number of H-pyrrole nitrogens is 1. The van der Waals surface area contributed by atoms with Gasteiger partial charge in [-0.05, 0) is 36.5 Å². The van der Waals surface area contributed by atoms with Crippen molar-refractivity contribution in [3.05, 3.63) is 47.7 Å². The third-order valence-electron chi connectivity index (χ3n) is 4.78. The minimum Gasteiger partial charge on any atom is -0.481 e. The van der Waals surface area contributed by atoms with Crippen LogP contribution in [-0.4, -0.2) is 40.6 Å². The Balaban J connectivity index is 1.63. The third kappa shape index (κ3) is 3.48. The first-order valence-corrected chi connectivity index (χ1v) is 8.38. The van der Waals surface area contributed by atoms with Gasteiger partial charge in [0.2, 0.25) is 0 Å². The molecule has 0 radical (unpaired) electrons. The van der Waals surface area contributed by atoms with Gasteiger partial charge < -0.3 is 10.1 Å². The molecule has 4 heteroatoms. The van der Waals surface area contributed by atoms with Gasteiger partial charge in [0, 0.05) is 36.7 Å². The molecule has 1 aromatic carbocycles. The Kier molecular flexibility index (Phi) is 4.82. The van der Waals surface area contributed by atoms with Gasteiger partial charge in [0.25, 0.3) is 0 Å². The first kappa shape index (κ1) is 15.8. The van der Waals surface area contributed by atoms with Gasteiger partial charge in [-0.15, -0.1) is 0 Å². The maximum absolute atomic E-state index is 11.4. The Bertz CT molecular complexity index is 717. The number of nitrogens with one attached hydrogen (secondary N) is 1. The standard InChI is InChI=1S/C19H24N2O2/c1-2-16(19(22)23)15-6-5-10-21(13-15)11-9-14-12-20-18-8-4-3-7-17(14)18/h3-4,6-8,12,16,20H,2,5,9-11,13H2,1H3,(H,22,23). The summed E-state index contributed by atoms with van der Waals surface area (Å²) in [5, 5.41) is 10.6. The summed E-state index contributed by atoms with van der Waals surface area (Å²) in [6.45, 7) is 4.72. The maximum Gasteiger partial charge on any atom is 0.310 e. The van der Waals surface area contributed by atoms with E-state index in [0.29, 0.717) is 6.42 Å². The van der Waals surface area contributed by atoms with Crippen molar-refractivity contribution in [2.75, 3.05) is 19.6 Å². The highest BCUT2D eigenvalue weighted by atomic mass is 16.4. The van der Waals surface area contributed by atoms with Crippen LogP contribution in [0.1, 0.15) is 25.3 Å². The van der Waals surface area contributed by atoms with Crippen molar-refractivity contribution in [1.29, 1.82) is 0 Å². The number of benzene rings is 1. The lowest BCUT2D eigenvalue weighted by Gasteiger charge is -2.29. The second-order valence-electron chi connectivity index (χ2n) is 6.25. The number of hydrogen-bond acceptors (Lipinski definition) is 2. The smallest absolute Gasteiger partial charge is 0.310 e. The molecule has 23 heavy (non-hydrogen) atoms. The van der Waals surface area contributed by atoms with Gasteiger partial charge in [-0.3, -0.25) is 9.69 Å². The molecule has 1 aliphatic heterocycles. The molecule has 0 amide bonds. The zero-order chi connectivity index (χ0) is 16.2. The van der Waals surface area contributed by atoms with Crippen LogP contribution >= 0.6 is 0 Å². The van der Waals surface area contributed by atoms with Gasteiger partial charge in [-0.1, -0.05) is 31.2 Å². The second-order valence-corrected chi connectivity index (χ2v) is 6.25. The van der Waals surface area contributed by atoms with E-state index in [-0.39, 0.29) is 5.92 Å². The Hall–Kier alpha value is -2.07. The highest BCUT2D eigenvalue weighted by Crippen LogP contribution is 2.23. The van der Waals surface area contributed by atoms with Crippen molar-refractivity contribution in [1.82, 2.24) is 9.88 Å². The quantitative estimate of drug-likeness (QED) is 0.803. The van der Waals surface area contributed by atoms with Gasteiger partial charge in [0.15, 0.2) is 0 Å². The molecule has 0 saturated heterocycles. The maximum atomic E-state index is 11.4. The molecular weight excluding hydrogens is 288 g/mol. The van der Waals surface area contributed by atoms with Crippen LogP contribution in [0.25, 0.3) is 10.9 Å². The molecule has 0 aliphatic carbocycles. The highest BCUT2D eigenvalue weighted by Gasteiger charge is 2.24. The molecule has 2 N–H and O–H groups in total. The normalized spacial score (nSPS) is 17.2. The van der Waals surface area contributed by atoms with E-state index in [1.165, 1.54) is 16.5 Å². The summed E-state index contributed by atoms with van der Waals surface area (Å²) >= 11 is 0. The molecule has 0 saturated carbocycles. The number of carboxylic acid groups (broad SMARTS) is 1. The first-order chi connectivity index (χ1) is 11.2. The largest absolute Gasteiger partial charge is 0.481 e. The number of aromatic nitrogens is 1. The van der Waals surface area contributed by atoms with Crippen LogP contribution in [0, 0.1) is 5.92 Å². The number of carbonyl (C=O) groups is 1. The fraction of sp³-hybridized carbons (Fsp3) is 0.421. The van der Waals surface area contributed by atoms with Crippen molar-refractivity contribution in [3.63, 3.8) is 0 Å². The van der Waals surface area contributed by atoms with Gasteiger partial charge >= 0.3 is 5.97 Å². The lowest BCUT2D eigenvalue weighted by Crippen LogP contribution is -2.35. The van der Waals surface area contributed by atoms with E-state index in [9.17, 15) is 9.90 Å². The summed E-state index contributed by atoms with van der Waals surface area (Å²) in [5.74, 6) is -1.02.